The van der Waals surface area contributed by atoms with Gasteiger partial charge in [0.15, 0.2) is 5.82 Å². The number of hydrogen-bond donors (Lipinski definition) is 3. The van der Waals surface area contributed by atoms with E-state index in [0.29, 0.717) is 29.9 Å². The van der Waals surface area contributed by atoms with E-state index in [1.807, 2.05) is 25.3 Å². The molecule has 5 rings (SSSR count). The molecule has 0 aliphatic carbocycles. The number of urea groups is 1. The fourth-order valence-corrected chi connectivity index (χ4v) is 4.32. The SMILES string of the molecule is C.CCNC(=O)Nc1nc2c(-c3ncccn3)cc(-c3ccc(CN4CC[C@@H](OC)C4)nc3)cc2[nH]1. The third-order valence-corrected chi connectivity index (χ3v) is 6.07. The number of amides is 2. The second-order valence-corrected chi connectivity index (χ2v) is 8.48. The van der Waals surface area contributed by atoms with Crippen LogP contribution in [-0.4, -0.2) is 68.7 Å². The number of aromatic amines is 1. The first-order chi connectivity index (χ1) is 17.1. The number of pyridine rings is 1. The van der Waals surface area contributed by atoms with Crippen LogP contribution < -0.4 is 10.6 Å². The van der Waals surface area contributed by atoms with Gasteiger partial charge in [-0.05, 0) is 43.2 Å². The summed E-state index contributed by atoms with van der Waals surface area (Å²) in [7, 11) is 1.77. The van der Waals surface area contributed by atoms with Crippen LogP contribution in [0.15, 0.2) is 48.9 Å². The third kappa shape index (κ3) is 5.50. The van der Waals surface area contributed by atoms with Gasteiger partial charge in [0.2, 0.25) is 5.95 Å². The van der Waals surface area contributed by atoms with Gasteiger partial charge >= 0.3 is 6.03 Å². The van der Waals surface area contributed by atoms with E-state index >= 15 is 0 Å². The summed E-state index contributed by atoms with van der Waals surface area (Å²) in [5.74, 6) is 0.912. The van der Waals surface area contributed by atoms with Crippen molar-refractivity contribution in [3.8, 4) is 22.5 Å². The van der Waals surface area contributed by atoms with Gasteiger partial charge in [-0.3, -0.25) is 15.2 Å². The third-order valence-electron chi connectivity index (χ3n) is 6.07. The van der Waals surface area contributed by atoms with Crippen LogP contribution >= 0.6 is 0 Å². The quantitative estimate of drug-likeness (QED) is 0.358. The minimum atomic E-state index is -0.320. The lowest BCUT2D eigenvalue weighted by Gasteiger charge is -2.15. The minimum Gasteiger partial charge on any atom is -0.380 e. The number of nitrogens with one attached hydrogen (secondary N) is 3. The predicted octanol–water partition coefficient (Wildman–Crippen LogP) is 4.08. The number of ether oxygens (including phenoxy) is 1. The lowest BCUT2D eigenvalue weighted by atomic mass is 10.0. The highest BCUT2D eigenvalue weighted by Crippen LogP contribution is 2.32. The Morgan fingerprint density at radius 2 is 2.03 bits per heavy atom. The fourth-order valence-electron chi connectivity index (χ4n) is 4.32. The number of H-pyrrole nitrogens is 1. The average Bonchev–Trinajstić information content (AvgIpc) is 3.50. The van der Waals surface area contributed by atoms with Crippen molar-refractivity contribution in [1.82, 2.24) is 35.1 Å². The monoisotopic (exact) mass is 488 g/mol. The molecule has 0 unspecified atom stereocenters. The first-order valence-corrected chi connectivity index (χ1v) is 11.7. The number of carbonyl (C=O) groups is 1. The zero-order valence-corrected chi connectivity index (χ0v) is 19.8. The predicted molar refractivity (Wildman–Crippen MR) is 140 cm³/mol. The van der Waals surface area contributed by atoms with Crippen molar-refractivity contribution in [2.75, 3.05) is 32.1 Å². The lowest BCUT2D eigenvalue weighted by molar-refractivity contribution is 0.107. The van der Waals surface area contributed by atoms with E-state index in [1.165, 1.54) is 0 Å². The summed E-state index contributed by atoms with van der Waals surface area (Å²) in [5, 5.41) is 5.44. The molecule has 10 heteroatoms. The summed E-state index contributed by atoms with van der Waals surface area (Å²) in [4.78, 5) is 35.7. The maximum Gasteiger partial charge on any atom is 0.321 e. The van der Waals surface area contributed by atoms with E-state index in [4.69, 9.17) is 9.72 Å². The highest BCUT2D eigenvalue weighted by molar-refractivity contribution is 5.97. The number of methoxy groups -OCH3 is 1. The van der Waals surface area contributed by atoms with Gasteiger partial charge in [0.25, 0.3) is 0 Å². The van der Waals surface area contributed by atoms with Crippen molar-refractivity contribution in [2.24, 2.45) is 0 Å². The number of likely N-dealkylation sites (tertiary alicyclic amines) is 1. The normalized spacial score (nSPS) is 15.6. The van der Waals surface area contributed by atoms with Crippen molar-refractivity contribution < 1.29 is 9.53 Å². The Balaban J connectivity index is 0.00000304. The topological polar surface area (TPSA) is 121 Å². The van der Waals surface area contributed by atoms with E-state index in [-0.39, 0.29) is 13.5 Å². The van der Waals surface area contributed by atoms with Crippen LogP contribution in [0.4, 0.5) is 10.7 Å². The van der Waals surface area contributed by atoms with Gasteiger partial charge in [0.1, 0.15) is 5.52 Å². The molecular formula is C26H32N8O2. The number of aromatic nitrogens is 5. The zero-order valence-electron chi connectivity index (χ0n) is 19.8. The molecule has 3 aromatic heterocycles. The maximum atomic E-state index is 12.0. The van der Waals surface area contributed by atoms with Gasteiger partial charge < -0.3 is 15.0 Å². The zero-order chi connectivity index (χ0) is 24.2. The van der Waals surface area contributed by atoms with Crippen molar-refractivity contribution in [3.05, 3.63) is 54.6 Å². The molecule has 3 N–H and O–H groups in total. The molecule has 4 aromatic rings. The van der Waals surface area contributed by atoms with Gasteiger partial charge in [-0.25, -0.2) is 19.7 Å². The van der Waals surface area contributed by atoms with Crippen LogP contribution in [-0.2, 0) is 11.3 Å². The van der Waals surface area contributed by atoms with Crippen LogP contribution in [0.1, 0.15) is 26.5 Å². The molecule has 1 fully saturated rings. The lowest BCUT2D eigenvalue weighted by Crippen LogP contribution is -2.28. The van der Waals surface area contributed by atoms with Crippen LogP contribution in [0.25, 0.3) is 33.5 Å². The average molecular weight is 489 g/mol. The summed E-state index contributed by atoms with van der Waals surface area (Å²) in [5.41, 5.74) is 5.16. The van der Waals surface area contributed by atoms with Gasteiger partial charge in [0, 0.05) is 63.0 Å². The molecule has 4 heterocycles. The highest BCUT2D eigenvalue weighted by Gasteiger charge is 2.22. The van der Waals surface area contributed by atoms with Gasteiger partial charge in [-0.15, -0.1) is 0 Å². The van der Waals surface area contributed by atoms with E-state index < -0.39 is 0 Å². The summed E-state index contributed by atoms with van der Waals surface area (Å²) in [6.07, 6.45) is 6.65. The van der Waals surface area contributed by atoms with Crippen molar-refractivity contribution in [3.63, 3.8) is 0 Å². The Hall–Kier alpha value is -3.89. The number of carbonyl (C=O) groups excluding carboxylic acids is 1. The van der Waals surface area contributed by atoms with Crippen molar-refractivity contribution >= 4 is 23.0 Å². The van der Waals surface area contributed by atoms with Crippen LogP contribution in [0, 0.1) is 0 Å². The first kappa shape index (κ1) is 25.2. The molecule has 1 saturated heterocycles. The second kappa shape index (κ2) is 11.2. The molecule has 0 radical (unpaired) electrons. The molecule has 1 aromatic carbocycles. The van der Waals surface area contributed by atoms with Crippen molar-refractivity contribution in [2.45, 2.75) is 33.4 Å². The van der Waals surface area contributed by atoms with Crippen LogP contribution in [0.2, 0.25) is 0 Å². The fraction of sp³-hybridized carbons (Fsp3) is 0.346. The van der Waals surface area contributed by atoms with E-state index in [1.54, 1.807) is 25.6 Å². The highest BCUT2D eigenvalue weighted by atomic mass is 16.5. The molecule has 1 atom stereocenters. The van der Waals surface area contributed by atoms with Gasteiger partial charge in [0.05, 0.1) is 17.3 Å². The summed E-state index contributed by atoms with van der Waals surface area (Å²) >= 11 is 0. The molecular weight excluding hydrogens is 456 g/mol. The minimum absolute atomic E-state index is 0. The molecule has 1 aliphatic rings. The smallest absolute Gasteiger partial charge is 0.321 e. The Morgan fingerprint density at radius 3 is 2.72 bits per heavy atom. The molecule has 2 amide bonds. The number of rotatable bonds is 7. The Kier molecular flexibility index (Phi) is 7.87. The van der Waals surface area contributed by atoms with Gasteiger partial charge in [-0.1, -0.05) is 13.5 Å². The van der Waals surface area contributed by atoms with E-state index in [9.17, 15) is 4.79 Å². The van der Waals surface area contributed by atoms with E-state index in [2.05, 4.69) is 47.6 Å². The summed E-state index contributed by atoms with van der Waals surface area (Å²) in [6.45, 7) is 5.13. The molecule has 1 aliphatic heterocycles. The second-order valence-electron chi connectivity index (χ2n) is 8.48. The maximum absolute atomic E-state index is 12.0. The summed E-state index contributed by atoms with van der Waals surface area (Å²) in [6, 6.07) is 9.60. The first-order valence-electron chi connectivity index (χ1n) is 11.7. The largest absolute Gasteiger partial charge is 0.380 e. The molecule has 188 valence electrons. The molecule has 36 heavy (non-hydrogen) atoms. The van der Waals surface area contributed by atoms with Crippen LogP contribution in [0.3, 0.4) is 0 Å². The number of nitrogens with zero attached hydrogens (tertiary/aromatic N) is 5. The number of anilines is 1. The molecule has 0 saturated carbocycles. The summed E-state index contributed by atoms with van der Waals surface area (Å²) < 4.78 is 5.47. The van der Waals surface area contributed by atoms with Gasteiger partial charge in [-0.2, -0.15) is 0 Å². The Labute approximate surface area is 210 Å². The number of fused-ring (bicyclic) bond motifs is 1. The Morgan fingerprint density at radius 1 is 1.19 bits per heavy atom. The number of benzene rings is 1. The number of imidazole rings is 1. The standard InChI is InChI=1S/C25H28N8O2.CH4/c1-3-26-25(34)32-24-30-21-12-17(11-20(22(21)31-24)23-27-8-4-9-28-23)16-5-6-18(29-13-16)14-33-10-7-19(15-33)35-2;/h4-6,8-9,11-13,19H,3,7,10,14-15H2,1-2H3,(H3,26,30,31,32,34);1H4/t19-;/m1./s1. The van der Waals surface area contributed by atoms with Crippen molar-refractivity contribution in [1.29, 1.82) is 0 Å². The Bertz CT molecular complexity index is 1310. The molecule has 0 spiro atoms. The molecule has 0 bridgehead atoms. The number of hydrogen-bond acceptors (Lipinski definition) is 7. The molecule has 10 nitrogen and oxygen atoms in total. The van der Waals surface area contributed by atoms with Crippen LogP contribution in [0.5, 0.6) is 0 Å². The van der Waals surface area contributed by atoms with E-state index in [0.717, 1.165) is 54.0 Å².